The summed E-state index contributed by atoms with van der Waals surface area (Å²) in [6, 6.07) is 0. The van der Waals surface area contributed by atoms with Gasteiger partial charge in [-0.1, -0.05) is 25.8 Å². The largest absolute Gasteiger partial charge is 0.463 e. The summed E-state index contributed by atoms with van der Waals surface area (Å²) in [6.07, 6.45) is 13.8. The van der Waals surface area contributed by atoms with Crippen LogP contribution in [0, 0.1) is 52.3 Å². The number of hydrogen-bond acceptors (Lipinski definition) is 4. The summed E-state index contributed by atoms with van der Waals surface area (Å²) in [5.41, 5.74) is 1.10. The second-order valence-electron chi connectivity index (χ2n) is 12.9. The van der Waals surface area contributed by atoms with Crippen molar-refractivity contribution in [3.63, 3.8) is 0 Å². The summed E-state index contributed by atoms with van der Waals surface area (Å²) in [7, 11) is 0. The van der Waals surface area contributed by atoms with E-state index >= 15 is 0 Å². The first kappa shape index (κ1) is 22.0. The maximum absolute atomic E-state index is 14.0. The summed E-state index contributed by atoms with van der Waals surface area (Å²) in [5.74, 6) is 3.22. The van der Waals surface area contributed by atoms with Gasteiger partial charge in [-0.3, -0.25) is 14.4 Å². The standard InChI is InChI=1S/C29H40O4/c1-16(30)33-19-10-11-28(2)18(13-19)8-9-21-23(28)15-26(32)29(3)24(21)14-22-20-7-5-4-6-17(20)12-25(31)27(22)29/h12,18-24,27H,4-11,13-15H2,1-3H3. The minimum absolute atomic E-state index is 0.0458. The average molecular weight is 453 g/mol. The van der Waals surface area contributed by atoms with Crippen LogP contribution >= 0.6 is 0 Å². The zero-order valence-corrected chi connectivity index (χ0v) is 20.6. The Morgan fingerprint density at radius 3 is 2.61 bits per heavy atom. The first-order chi connectivity index (χ1) is 15.7. The van der Waals surface area contributed by atoms with Gasteiger partial charge in [-0.2, -0.15) is 0 Å². The molecule has 6 rings (SSSR count). The van der Waals surface area contributed by atoms with E-state index in [1.165, 1.54) is 44.6 Å². The molecule has 10 atom stereocenters. The molecule has 4 heteroatoms. The van der Waals surface area contributed by atoms with E-state index in [9.17, 15) is 14.4 Å². The number of carbonyl (C=O) groups is 3. The molecule has 0 spiro atoms. The third-order valence-electron chi connectivity index (χ3n) is 11.8. The third kappa shape index (κ3) is 3.04. The Labute approximate surface area is 198 Å². The monoisotopic (exact) mass is 452 g/mol. The van der Waals surface area contributed by atoms with Crippen LogP contribution in [-0.4, -0.2) is 23.6 Å². The van der Waals surface area contributed by atoms with Crippen LogP contribution in [0.3, 0.4) is 0 Å². The first-order valence-electron chi connectivity index (χ1n) is 13.7. The molecule has 33 heavy (non-hydrogen) atoms. The van der Waals surface area contributed by atoms with Crippen LogP contribution in [0.1, 0.15) is 91.4 Å². The maximum Gasteiger partial charge on any atom is 0.302 e. The lowest BCUT2D eigenvalue weighted by atomic mass is 9.44. The normalized spacial score (nSPS) is 50.8. The Balaban J connectivity index is 1.30. The Bertz CT molecular complexity index is 919. The molecule has 0 N–H and O–H groups in total. The topological polar surface area (TPSA) is 60.4 Å². The van der Waals surface area contributed by atoms with E-state index in [2.05, 4.69) is 13.8 Å². The van der Waals surface area contributed by atoms with Crippen molar-refractivity contribution >= 4 is 17.5 Å². The third-order valence-corrected chi connectivity index (χ3v) is 11.8. The molecule has 4 nitrogen and oxygen atoms in total. The maximum atomic E-state index is 14.0. The molecule has 5 fully saturated rings. The summed E-state index contributed by atoms with van der Waals surface area (Å²) in [4.78, 5) is 39.0. The molecule has 5 saturated carbocycles. The fraction of sp³-hybridized carbons (Fsp3) is 0.828. The molecule has 0 aromatic heterocycles. The SMILES string of the molecule is CC(=O)OC1CCC2(C)C(CCC3C2CC(=O)C2(C)C3CC3C4CCCCC4=CC(=O)C32)C1. The van der Waals surface area contributed by atoms with Crippen molar-refractivity contribution in [1.82, 2.24) is 0 Å². The van der Waals surface area contributed by atoms with Crippen molar-refractivity contribution in [2.24, 2.45) is 52.3 Å². The van der Waals surface area contributed by atoms with E-state index in [1.54, 1.807) is 0 Å². The summed E-state index contributed by atoms with van der Waals surface area (Å²) >= 11 is 0. The van der Waals surface area contributed by atoms with Crippen molar-refractivity contribution in [2.75, 3.05) is 0 Å². The molecule has 0 radical (unpaired) electrons. The van der Waals surface area contributed by atoms with E-state index in [-0.39, 0.29) is 29.2 Å². The molecule has 0 amide bonds. The Morgan fingerprint density at radius 1 is 1.00 bits per heavy atom. The van der Waals surface area contributed by atoms with Gasteiger partial charge in [0.15, 0.2) is 5.78 Å². The van der Waals surface area contributed by atoms with E-state index in [1.807, 2.05) is 6.08 Å². The highest BCUT2D eigenvalue weighted by Crippen LogP contribution is 2.69. The predicted octanol–water partition coefficient (Wildman–Crippen LogP) is 5.68. The van der Waals surface area contributed by atoms with Gasteiger partial charge in [0.1, 0.15) is 11.9 Å². The lowest BCUT2D eigenvalue weighted by Gasteiger charge is -2.60. The van der Waals surface area contributed by atoms with Crippen molar-refractivity contribution in [1.29, 1.82) is 0 Å². The van der Waals surface area contributed by atoms with Gasteiger partial charge in [-0.25, -0.2) is 0 Å². The van der Waals surface area contributed by atoms with Crippen LogP contribution in [0.2, 0.25) is 0 Å². The van der Waals surface area contributed by atoms with Gasteiger partial charge in [0.05, 0.1) is 0 Å². The molecule has 0 saturated heterocycles. The highest BCUT2D eigenvalue weighted by molar-refractivity contribution is 6.00. The number of ether oxygens (including phenoxy) is 1. The van der Waals surface area contributed by atoms with Gasteiger partial charge in [0.25, 0.3) is 0 Å². The molecule has 180 valence electrons. The zero-order valence-electron chi connectivity index (χ0n) is 20.6. The quantitative estimate of drug-likeness (QED) is 0.480. The highest BCUT2D eigenvalue weighted by Gasteiger charge is 2.68. The van der Waals surface area contributed by atoms with Crippen molar-refractivity contribution < 1.29 is 19.1 Å². The Kier molecular flexibility index (Phi) is 5.02. The van der Waals surface area contributed by atoms with Gasteiger partial charge in [0.2, 0.25) is 0 Å². The van der Waals surface area contributed by atoms with E-state index in [4.69, 9.17) is 4.74 Å². The van der Waals surface area contributed by atoms with Crippen LogP contribution in [0.4, 0.5) is 0 Å². The van der Waals surface area contributed by atoms with Crippen LogP contribution in [0.5, 0.6) is 0 Å². The molecule has 0 aliphatic heterocycles. The van der Waals surface area contributed by atoms with Gasteiger partial charge in [0, 0.05) is 24.7 Å². The van der Waals surface area contributed by atoms with Crippen LogP contribution in [-0.2, 0) is 19.1 Å². The summed E-state index contributed by atoms with van der Waals surface area (Å²) in [5, 5.41) is 0. The van der Waals surface area contributed by atoms with E-state index in [0.717, 1.165) is 32.1 Å². The zero-order chi connectivity index (χ0) is 23.1. The van der Waals surface area contributed by atoms with Crippen molar-refractivity contribution in [3.8, 4) is 0 Å². The lowest BCUT2D eigenvalue weighted by molar-refractivity contribution is -0.167. The number of Topliss-reactive ketones (excluding diaryl/α,β-unsaturated/α-hetero) is 1. The summed E-state index contributed by atoms with van der Waals surface area (Å²) in [6.45, 7) is 6.13. The molecule has 6 aliphatic rings. The second-order valence-corrected chi connectivity index (χ2v) is 12.9. The van der Waals surface area contributed by atoms with Crippen LogP contribution in [0.25, 0.3) is 0 Å². The number of allylic oxidation sites excluding steroid dienone is 2. The smallest absolute Gasteiger partial charge is 0.302 e. The molecule has 0 aromatic rings. The Morgan fingerprint density at radius 2 is 1.82 bits per heavy atom. The van der Waals surface area contributed by atoms with Gasteiger partial charge < -0.3 is 4.74 Å². The van der Waals surface area contributed by atoms with E-state index < -0.39 is 5.41 Å². The number of rotatable bonds is 1. The van der Waals surface area contributed by atoms with Crippen LogP contribution < -0.4 is 0 Å². The van der Waals surface area contributed by atoms with Gasteiger partial charge >= 0.3 is 5.97 Å². The summed E-state index contributed by atoms with van der Waals surface area (Å²) < 4.78 is 5.60. The Hall–Kier alpha value is -1.45. The molecule has 0 aromatic carbocycles. The number of hydrogen-bond donors (Lipinski definition) is 0. The second kappa shape index (κ2) is 7.52. The van der Waals surface area contributed by atoms with Crippen molar-refractivity contribution in [2.45, 2.75) is 97.5 Å². The van der Waals surface area contributed by atoms with Crippen molar-refractivity contribution in [3.05, 3.63) is 11.6 Å². The molecule has 0 heterocycles. The molecule has 10 unspecified atom stereocenters. The van der Waals surface area contributed by atoms with Gasteiger partial charge in [-0.05, 0) is 105 Å². The fourth-order valence-electron chi connectivity index (χ4n) is 10.3. The van der Waals surface area contributed by atoms with Crippen LogP contribution in [0.15, 0.2) is 11.6 Å². The number of esters is 1. The predicted molar refractivity (Wildman–Crippen MR) is 125 cm³/mol. The minimum atomic E-state index is -0.458. The lowest BCUT2D eigenvalue weighted by Crippen LogP contribution is -2.58. The highest BCUT2D eigenvalue weighted by atomic mass is 16.5. The van der Waals surface area contributed by atoms with Gasteiger partial charge in [-0.15, -0.1) is 0 Å². The fourth-order valence-corrected chi connectivity index (χ4v) is 10.3. The van der Waals surface area contributed by atoms with E-state index in [0.29, 0.717) is 47.7 Å². The minimum Gasteiger partial charge on any atom is -0.463 e. The molecular formula is C29H40O4. The molecule has 0 bridgehead atoms. The number of ketones is 2. The average Bonchev–Trinajstić information content (AvgIpc) is 3.10. The first-order valence-corrected chi connectivity index (χ1v) is 13.7. The molecule has 6 aliphatic carbocycles. The number of carbonyl (C=O) groups excluding carboxylic acids is 3. The number of fused-ring (bicyclic) bond motifs is 9. The molecular weight excluding hydrogens is 412 g/mol.